The van der Waals surface area contributed by atoms with Crippen LogP contribution in [-0.2, 0) is 0 Å². The van der Waals surface area contributed by atoms with Gasteiger partial charge in [-0.2, -0.15) is 0 Å². The number of nitrogens with zero attached hydrogens (tertiary/aromatic N) is 2. The summed E-state index contributed by atoms with van der Waals surface area (Å²) >= 11 is 3.66. The Hall–Kier alpha value is -1.49. The molecular weight excluding hydrogens is 308 g/mol. The fourth-order valence-corrected chi connectivity index (χ4v) is 2.56. The van der Waals surface area contributed by atoms with Crippen molar-refractivity contribution in [2.45, 2.75) is 31.0 Å². The Bertz CT molecular complexity index is 615. The molecule has 0 aliphatic heterocycles. The van der Waals surface area contributed by atoms with Gasteiger partial charge in [-0.25, -0.2) is 4.98 Å². The standard InChI is InChI=1S/C14H15BrN2O2/c1-3-12(15)9(2)10-6-7-13(17(18)19)14-11(10)5-4-8-16-14/h4-9,12H,3H2,1-2H3. The summed E-state index contributed by atoms with van der Waals surface area (Å²) in [6.45, 7) is 4.23. The minimum absolute atomic E-state index is 0.0640. The van der Waals surface area contributed by atoms with Gasteiger partial charge in [0.15, 0.2) is 0 Å². The molecule has 0 spiro atoms. The lowest BCUT2D eigenvalue weighted by atomic mass is 9.92. The second-order valence-electron chi connectivity index (χ2n) is 4.54. The zero-order valence-corrected chi connectivity index (χ0v) is 12.4. The molecule has 1 aromatic heterocycles. The van der Waals surface area contributed by atoms with Crippen molar-refractivity contribution >= 4 is 32.5 Å². The Morgan fingerprint density at radius 2 is 2.16 bits per heavy atom. The largest absolute Gasteiger partial charge is 0.295 e. The van der Waals surface area contributed by atoms with E-state index in [4.69, 9.17) is 0 Å². The van der Waals surface area contributed by atoms with Crippen LogP contribution in [0.25, 0.3) is 10.9 Å². The molecule has 2 atom stereocenters. The van der Waals surface area contributed by atoms with Gasteiger partial charge < -0.3 is 0 Å². The van der Waals surface area contributed by atoms with E-state index in [1.54, 1.807) is 12.3 Å². The molecule has 0 saturated heterocycles. The average molecular weight is 323 g/mol. The molecule has 5 heteroatoms. The number of non-ortho nitro benzene ring substituents is 1. The smallest absolute Gasteiger partial charge is 0.258 e. The summed E-state index contributed by atoms with van der Waals surface area (Å²) in [5.41, 5.74) is 1.62. The highest BCUT2D eigenvalue weighted by atomic mass is 79.9. The third-order valence-electron chi connectivity index (χ3n) is 3.40. The monoisotopic (exact) mass is 322 g/mol. The van der Waals surface area contributed by atoms with Crippen LogP contribution in [0.1, 0.15) is 31.7 Å². The van der Waals surface area contributed by atoms with E-state index in [0.29, 0.717) is 10.3 Å². The molecule has 0 radical (unpaired) electrons. The second-order valence-corrected chi connectivity index (χ2v) is 5.72. The Morgan fingerprint density at radius 3 is 2.79 bits per heavy atom. The minimum atomic E-state index is -0.380. The van der Waals surface area contributed by atoms with Crippen molar-refractivity contribution in [2.75, 3.05) is 0 Å². The highest BCUT2D eigenvalue weighted by molar-refractivity contribution is 9.09. The van der Waals surface area contributed by atoms with Crippen LogP contribution in [0, 0.1) is 10.1 Å². The van der Waals surface area contributed by atoms with Gasteiger partial charge in [-0.05, 0) is 24.0 Å². The third-order valence-corrected chi connectivity index (χ3v) is 4.84. The lowest BCUT2D eigenvalue weighted by Gasteiger charge is -2.18. The first-order valence-corrected chi connectivity index (χ1v) is 7.14. The molecule has 0 fully saturated rings. The normalized spacial score (nSPS) is 14.3. The first-order chi connectivity index (χ1) is 9.06. The van der Waals surface area contributed by atoms with Crippen LogP contribution in [0.2, 0.25) is 0 Å². The van der Waals surface area contributed by atoms with Crippen LogP contribution in [0.3, 0.4) is 0 Å². The maximum Gasteiger partial charge on any atom is 0.295 e. The van der Waals surface area contributed by atoms with E-state index < -0.39 is 0 Å². The van der Waals surface area contributed by atoms with Gasteiger partial charge in [0.2, 0.25) is 0 Å². The maximum absolute atomic E-state index is 11.0. The molecule has 0 saturated carbocycles. The van der Waals surface area contributed by atoms with E-state index in [1.807, 2.05) is 18.2 Å². The number of halogens is 1. The van der Waals surface area contributed by atoms with Gasteiger partial charge in [0.1, 0.15) is 5.52 Å². The number of pyridine rings is 1. The molecule has 0 N–H and O–H groups in total. The molecule has 4 nitrogen and oxygen atoms in total. The summed E-state index contributed by atoms with van der Waals surface area (Å²) in [5, 5.41) is 11.9. The molecular formula is C14H15BrN2O2. The summed E-state index contributed by atoms with van der Waals surface area (Å²) in [7, 11) is 0. The van der Waals surface area contributed by atoms with Crippen molar-refractivity contribution in [3.05, 3.63) is 46.1 Å². The Kier molecular flexibility index (Phi) is 4.14. The van der Waals surface area contributed by atoms with Gasteiger partial charge in [-0.1, -0.05) is 41.9 Å². The fraction of sp³-hybridized carbons (Fsp3) is 0.357. The number of hydrogen-bond donors (Lipinski definition) is 0. The molecule has 0 aliphatic rings. The number of hydrogen-bond acceptors (Lipinski definition) is 3. The van der Waals surface area contributed by atoms with Crippen LogP contribution in [-0.4, -0.2) is 14.7 Å². The van der Waals surface area contributed by atoms with Crippen molar-refractivity contribution in [3.8, 4) is 0 Å². The zero-order chi connectivity index (χ0) is 14.0. The molecule has 1 heterocycles. The van der Waals surface area contributed by atoms with Crippen LogP contribution in [0.15, 0.2) is 30.5 Å². The van der Waals surface area contributed by atoms with E-state index in [-0.39, 0.29) is 16.5 Å². The van der Waals surface area contributed by atoms with E-state index in [1.165, 1.54) is 0 Å². The van der Waals surface area contributed by atoms with E-state index >= 15 is 0 Å². The number of alkyl halides is 1. The van der Waals surface area contributed by atoms with Gasteiger partial charge in [0.25, 0.3) is 5.69 Å². The fourth-order valence-electron chi connectivity index (χ4n) is 2.27. The molecule has 0 bridgehead atoms. The maximum atomic E-state index is 11.0. The minimum Gasteiger partial charge on any atom is -0.258 e. The number of benzene rings is 1. The summed E-state index contributed by atoms with van der Waals surface area (Å²) in [6.07, 6.45) is 2.59. The predicted molar refractivity (Wildman–Crippen MR) is 79.8 cm³/mol. The van der Waals surface area contributed by atoms with E-state index in [0.717, 1.165) is 17.4 Å². The molecule has 100 valence electrons. The van der Waals surface area contributed by atoms with Crippen LogP contribution < -0.4 is 0 Å². The summed E-state index contributed by atoms with van der Waals surface area (Å²) in [5.74, 6) is 0.275. The second kappa shape index (κ2) is 5.65. The topological polar surface area (TPSA) is 56.0 Å². The molecule has 0 amide bonds. The molecule has 2 unspecified atom stereocenters. The number of aromatic nitrogens is 1. The number of fused-ring (bicyclic) bond motifs is 1. The van der Waals surface area contributed by atoms with Gasteiger partial charge in [-0.3, -0.25) is 10.1 Å². The van der Waals surface area contributed by atoms with Crippen LogP contribution in [0.4, 0.5) is 5.69 Å². The highest BCUT2D eigenvalue weighted by Crippen LogP contribution is 2.34. The highest BCUT2D eigenvalue weighted by Gasteiger charge is 2.21. The Labute approximate surface area is 120 Å². The summed E-state index contributed by atoms with van der Waals surface area (Å²) in [4.78, 5) is 15.2. The van der Waals surface area contributed by atoms with Gasteiger partial charge >= 0.3 is 0 Å². The molecule has 0 aliphatic carbocycles. The summed E-state index contributed by atoms with van der Waals surface area (Å²) < 4.78 is 0. The first-order valence-electron chi connectivity index (χ1n) is 6.22. The molecule has 1 aromatic carbocycles. The molecule has 2 aromatic rings. The molecule has 19 heavy (non-hydrogen) atoms. The van der Waals surface area contributed by atoms with Crippen LogP contribution >= 0.6 is 15.9 Å². The predicted octanol–water partition coefficient (Wildman–Crippen LogP) is 4.42. The number of nitro groups is 1. The Balaban J connectivity index is 2.65. The SMILES string of the molecule is CCC(Br)C(C)c1ccc([N+](=O)[O-])c2ncccc12. The van der Waals surface area contributed by atoms with Gasteiger partial charge in [0, 0.05) is 22.5 Å². The lowest BCUT2D eigenvalue weighted by Crippen LogP contribution is -2.08. The number of nitro benzene ring substituents is 1. The van der Waals surface area contributed by atoms with Gasteiger partial charge in [-0.15, -0.1) is 0 Å². The number of rotatable bonds is 4. The van der Waals surface area contributed by atoms with Gasteiger partial charge in [0.05, 0.1) is 4.92 Å². The first kappa shape index (κ1) is 13.9. The van der Waals surface area contributed by atoms with Crippen molar-refractivity contribution in [2.24, 2.45) is 0 Å². The van der Waals surface area contributed by atoms with Crippen molar-refractivity contribution in [1.82, 2.24) is 4.98 Å². The van der Waals surface area contributed by atoms with Crippen molar-refractivity contribution in [3.63, 3.8) is 0 Å². The quantitative estimate of drug-likeness (QED) is 0.475. The zero-order valence-electron chi connectivity index (χ0n) is 10.8. The average Bonchev–Trinajstić information content (AvgIpc) is 2.44. The van der Waals surface area contributed by atoms with Crippen LogP contribution in [0.5, 0.6) is 0 Å². The molecule has 2 rings (SSSR count). The summed E-state index contributed by atoms with van der Waals surface area (Å²) in [6, 6.07) is 7.11. The van der Waals surface area contributed by atoms with E-state index in [2.05, 4.69) is 34.8 Å². The van der Waals surface area contributed by atoms with Crippen molar-refractivity contribution in [1.29, 1.82) is 0 Å². The van der Waals surface area contributed by atoms with Crippen molar-refractivity contribution < 1.29 is 4.92 Å². The third kappa shape index (κ3) is 2.61. The lowest BCUT2D eigenvalue weighted by molar-refractivity contribution is -0.383. The van der Waals surface area contributed by atoms with E-state index in [9.17, 15) is 10.1 Å². The Morgan fingerprint density at radius 1 is 1.42 bits per heavy atom.